The Morgan fingerprint density at radius 1 is 1.00 bits per heavy atom. The maximum absolute atomic E-state index is 13.5. The predicted octanol–water partition coefficient (Wildman–Crippen LogP) is 2.30. The van der Waals surface area contributed by atoms with E-state index in [0.29, 0.717) is 30.7 Å². The number of carbonyl (C=O) groups excluding carboxylic acids is 2. The van der Waals surface area contributed by atoms with Gasteiger partial charge in [-0.1, -0.05) is 43.4 Å². The minimum Gasteiger partial charge on any atom is -0.360 e. The van der Waals surface area contributed by atoms with Crippen molar-refractivity contribution in [1.82, 2.24) is 14.9 Å². The summed E-state index contributed by atoms with van der Waals surface area (Å²) in [5.74, 6) is -1.43. The van der Waals surface area contributed by atoms with Crippen LogP contribution in [0.5, 0.6) is 0 Å². The molecule has 1 saturated carbocycles. The minimum atomic E-state index is -3.83. The van der Waals surface area contributed by atoms with Gasteiger partial charge in [0.1, 0.15) is 6.23 Å². The molecule has 9 heteroatoms. The van der Waals surface area contributed by atoms with Crippen LogP contribution in [-0.4, -0.2) is 56.5 Å². The molecule has 2 fully saturated rings. The zero-order chi connectivity index (χ0) is 23.3. The van der Waals surface area contributed by atoms with E-state index >= 15 is 0 Å². The Morgan fingerprint density at radius 2 is 1.62 bits per heavy atom. The Hall–Kier alpha value is -1.97. The SMILES string of the molecule is Cc1cc(C)c(S(=O)(=O)N2CCCO[C@H]2CNC(=O)C(=O)NC2CCCCCC2)c(C)c1. The molecule has 1 aliphatic heterocycles. The van der Waals surface area contributed by atoms with Crippen LogP contribution in [0.25, 0.3) is 0 Å². The highest BCUT2D eigenvalue weighted by atomic mass is 32.2. The molecule has 2 N–H and O–H groups in total. The summed E-state index contributed by atoms with van der Waals surface area (Å²) in [5.41, 5.74) is 2.36. The molecule has 1 aliphatic carbocycles. The lowest BCUT2D eigenvalue weighted by atomic mass is 10.1. The van der Waals surface area contributed by atoms with Gasteiger partial charge in [0.15, 0.2) is 0 Å². The largest absolute Gasteiger partial charge is 0.360 e. The third kappa shape index (κ3) is 5.88. The number of sulfonamides is 1. The number of nitrogens with zero attached hydrogens (tertiary/aromatic N) is 1. The molecule has 1 atom stereocenters. The van der Waals surface area contributed by atoms with Crippen molar-refractivity contribution in [3.8, 4) is 0 Å². The standard InChI is InChI=1S/C23H35N3O5S/c1-16-13-17(2)21(18(3)14-16)32(29,30)26-11-8-12-31-20(26)15-24-22(27)23(28)25-19-9-6-4-5-7-10-19/h13-14,19-20H,4-12,15H2,1-3H3,(H,24,27)(H,25,28)/t20-/m0/s1. The molecule has 2 aliphatic rings. The molecule has 0 unspecified atom stereocenters. The van der Waals surface area contributed by atoms with Gasteiger partial charge in [0, 0.05) is 12.6 Å². The van der Waals surface area contributed by atoms with Gasteiger partial charge in [0.05, 0.1) is 18.0 Å². The van der Waals surface area contributed by atoms with E-state index in [2.05, 4.69) is 10.6 Å². The van der Waals surface area contributed by atoms with Crippen LogP contribution in [0.1, 0.15) is 61.6 Å². The van der Waals surface area contributed by atoms with Crippen molar-refractivity contribution in [2.45, 2.75) is 82.9 Å². The first-order chi connectivity index (χ1) is 15.2. The first-order valence-electron chi connectivity index (χ1n) is 11.5. The van der Waals surface area contributed by atoms with Crippen molar-refractivity contribution in [1.29, 1.82) is 0 Å². The van der Waals surface area contributed by atoms with Gasteiger partial charge in [0.2, 0.25) is 10.0 Å². The number of nitrogens with one attached hydrogen (secondary N) is 2. The average molecular weight is 466 g/mol. The molecular weight excluding hydrogens is 430 g/mol. The lowest BCUT2D eigenvalue weighted by molar-refractivity contribution is -0.140. The molecule has 1 heterocycles. The fraction of sp³-hybridized carbons (Fsp3) is 0.652. The van der Waals surface area contributed by atoms with Crippen molar-refractivity contribution in [3.05, 3.63) is 28.8 Å². The summed E-state index contributed by atoms with van der Waals surface area (Å²) in [6.07, 6.45) is 5.88. The number of rotatable bonds is 5. The molecule has 8 nitrogen and oxygen atoms in total. The molecule has 1 aromatic carbocycles. The summed E-state index contributed by atoms with van der Waals surface area (Å²) in [6.45, 7) is 6.11. The zero-order valence-electron chi connectivity index (χ0n) is 19.3. The van der Waals surface area contributed by atoms with E-state index in [9.17, 15) is 18.0 Å². The van der Waals surface area contributed by atoms with Gasteiger partial charge in [0.25, 0.3) is 0 Å². The maximum Gasteiger partial charge on any atom is 0.309 e. The second-order valence-corrected chi connectivity index (χ2v) is 10.7. The van der Waals surface area contributed by atoms with Crippen molar-refractivity contribution in [2.24, 2.45) is 0 Å². The van der Waals surface area contributed by atoms with Crippen LogP contribution in [0.15, 0.2) is 17.0 Å². The van der Waals surface area contributed by atoms with Gasteiger partial charge >= 0.3 is 11.8 Å². The summed E-state index contributed by atoms with van der Waals surface area (Å²) >= 11 is 0. The number of amides is 2. The van der Waals surface area contributed by atoms with Crippen LogP contribution in [0.2, 0.25) is 0 Å². The van der Waals surface area contributed by atoms with Crippen molar-refractivity contribution >= 4 is 21.8 Å². The summed E-state index contributed by atoms with van der Waals surface area (Å²) in [6, 6.07) is 3.71. The smallest absolute Gasteiger partial charge is 0.309 e. The zero-order valence-corrected chi connectivity index (χ0v) is 20.1. The Kier molecular flexibility index (Phi) is 8.30. The molecule has 0 aromatic heterocycles. The van der Waals surface area contributed by atoms with Gasteiger partial charge in [-0.3, -0.25) is 9.59 Å². The third-order valence-corrected chi connectivity index (χ3v) is 8.35. The summed E-state index contributed by atoms with van der Waals surface area (Å²) in [7, 11) is -3.83. The molecule has 1 saturated heterocycles. The Morgan fingerprint density at radius 3 is 2.25 bits per heavy atom. The molecule has 0 radical (unpaired) electrons. The highest BCUT2D eigenvalue weighted by Crippen LogP contribution is 2.28. The predicted molar refractivity (Wildman–Crippen MR) is 122 cm³/mol. The summed E-state index contributed by atoms with van der Waals surface area (Å²) < 4.78 is 34.0. The first kappa shape index (κ1) is 24.7. The quantitative estimate of drug-likeness (QED) is 0.513. The fourth-order valence-corrected chi connectivity index (χ4v) is 6.71. The van der Waals surface area contributed by atoms with Crippen LogP contribution < -0.4 is 10.6 Å². The van der Waals surface area contributed by atoms with Crippen LogP contribution >= 0.6 is 0 Å². The number of hydrogen-bond donors (Lipinski definition) is 2. The summed E-state index contributed by atoms with van der Waals surface area (Å²) in [4.78, 5) is 25.0. The van der Waals surface area contributed by atoms with Crippen molar-refractivity contribution in [3.63, 3.8) is 0 Å². The molecule has 0 bridgehead atoms. The Balaban J connectivity index is 1.66. The highest BCUT2D eigenvalue weighted by molar-refractivity contribution is 7.89. The minimum absolute atomic E-state index is 0.0195. The average Bonchev–Trinajstić information content (AvgIpc) is 2.99. The monoisotopic (exact) mass is 465 g/mol. The van der Waals surface area contributed by atoms with E-state index < -0.39 is 28.1 Å². The van der Waals surface area contributed by atoms with Gasteiger partial charge in [-0.05, 0) is 51.2 Å². The normalized spacial score (nSPS) is 21.0. The van der Waals surface area contributed by atoms with Crippen LogP contribution in [0.3, 0.4) is 0 Å². The Bertz CT molecular complexity index is 916. The number of carbonyl (C=O) groups is 2. The molecule has 178 valence electrons. The molecular formula is C23H35N3O5S. The van der Waals surface area contributed by atoms with Gasteiger partial charge in [-0.2, -0.15) is 4.31 Å². The Labute approximate surface area is 191 Å². The van der Waals surface area contributed by atoms with Crippen LogP contribution in [0.4, 0.5) is 0 Å². The lowest BCUT2D eigenvalue weighted by Crippen LogP contribution is -2.53. The van der Waals surface area contributed by atoms with E-state index in [4.69, 9.17) is 4.74 Å². The van der Waals surface area contributed by atoms with E-state index in [-0.39, 0.29) is 17.5 Å². The van der Waals surface area contributed by atoms with E-state index in [1.54, 1.807) is 13.8 Å². The van der Waals surface area contributed by atoms with Crippen LogP contribution in [-0.2, 0) is 24.3 Å². The maximum atomic E-state index is 13.5. The van der Waals surface area contributed by atoms with E-state index in [1.807, 2.05) is 19.1 Å². The fourth-order valence-electron chi connectivity index (χ4n) is 4.73. The first-order valence-corrected chi connectivity index (χ1v) is 12.9. The lowest BCUT2D eigenvalue weighted by Gasteiger charge is -2.35. The molecule has 2 amide bonds. The molecule has 32 heavy (non-hydrogen) atoms. The number of aryl methyl sites for hydroxylation is 3. The molecule has 1 aromatic rings. The number of hydrogen-bond acceptors (Lipinski definition) is 5. The number of ether oxygens (including phenoxy) is 1. The molecule has 0 spiro atoms. The van der Waals surface area contributed by atoms with Crippen molar-refractivity contribution in [2.75, 3.05) is 19.7 Å². The van der Waals surface area contributed by atoms with Gasteiger partial charge in [-0.15, -0.1) is 0 Å². The van der Waals surface area contributed by atoms with Gasteiger partial charge < -0.3 is 15.4 Å². The highest BCUT2D eigenvalue weighted by Gasteiger charge is 2.36. The van der Waals surface area contributed by atoms with Gasteiger partial charge in [-0.25, -0.2) is 8.42 Å². The number of benzene rings is 1. The summed E-state index contributed by atoms with van der Waals surface area (Å²) in [5, 5.41) is 5.38. The topological polar surface area (TPSA) is 105 Å². The second kappa shape index (κ2) is 10.8. The van der Waals surface area contributed by atoms with Crippen molar-refractivity contribution < 1.29 is 22.7 Å². The van der Waals surface area contributed by atoms with E-state index in [1.165, 1.54) is 4.31 Å². The van der Waals surface area contributed by atoms with Crippen LogP contribution in [0, 0.1) is 20.8 Å². The molecule has 3 rings (SSSR count). The van der Waals surface area contributed by atoms with E-state index in [0.717, 1.165) is 44.1 Å². The third-order valence-electron chi connectivity index (χ3n) is 6.16. The second-order valence-electron chi connectivity index (χ2n) is 8.89.